The molecule has 0 spiro atoms. The molecule has 3 amide bonds. The van der Waals surface area contributed by atoms with Crippen molar-refractivity contribution in [3.8, 4) is 0 Å². The standard InChI is InChI=1S/C21H30N4O2/c26-19(24-18-12-16-8-9-17(13-18)23-16)21(10-4-5-11-21)25-20(27)22-14-15-6-2-1-3-7-15/h1-3,6-7,16-18,23H,4-5,8-14H2,(H,24,26)(H2,22,25,27). The van der Waals surface area contributed by atoms with E-state index in [9.17, 15) is 9.59 Å². The quantitative estimate of drug-likeness (QED) is 0.641. The smallest absolute Gasteiger partial charge is 0.315 e. The Balaban J connectivity index is 1.34. The highest BCUT2D eigenvalue weighted by Crippen LogP contribution is 2.32. The third kappa shape index (κ3) is 4.26. The number of carbonyl (C=O) groups excluding carboxylic acids is 2. The molecule has 2 saturated heterocycles. The Hall–Kier alpha value is -2.08. The monoisotopic (exact) mass is 370 g/mol. The van der Waals surface area contributed by atoms with Gasteiger partial charge in [-0.3, -0.25) is 4.79 Å². The molecule has 3 aliphatic rings. The maximum atomic E-state index is 13.1. The van der Waals surface area contributed by atoms with E-state index in [4.69, 9.17) is 0 Å². The number of nitrogens with one attached hydrogen (secondary N) is 4. The highest BCUT2D eigenvalue weighted by molar-refractivity contribution is 5.91. The lowest BCUT2D eigenvalue weighted by atomic mass is 9.93. The van der Waals surface area contributed by atoms with Crippen LogP contribution in [0.1, 0.15) is 56.9 Å². The van der Waals surface area contributed by atoms with Gasteiger partial charge in [-0.1, -0.05) is 43.2 Å². The average molecular weight is 370 g/mol. The number of piperidine rings is 1. The van der Waals surface area contributed by atoms with Crippen molar-refractivity contribution in [2.24, 2.45) is 0 Å². The van der Waals surface area contributed by atoms with Gasteiger partial charge in [0, 0.05) is 24.7 Å². The molecule has 6 nitrogen and oxygen atoms in total. The average Bonchev–Trinajstić information content (AvgIpc) is 3.28. The Morgan fingerprint density at radius 1 is 1.04 bits per heavy atom. The highest BCUT2D eigenvalue weighted by atomic mass is 16.2. The minimum absolute atomic E-state index is 0.00108. The minimum atomic E-state index is -0.759. The first-order valence-corrected chi connectivity index (χ1v) is 10.3. The molecule has 27 heavy (non-hydrogen) atoms. The lowest BCUT2D eigenvalue weighted by molar-refractivity contribution is -0.128. The van der Waals surface area contributed by atoms with Gasteiger partial charge in [-0.05, 0) is 44.1 Å². The van der Waals surface area contributed by atoms with Crippen LogP contribution in [0.25, 0.3) is 0 Å². The van der Waals surface area contributed by atoms with Crippen LogP contribution in [0.15, 0.2) is 30.3 Å². The Bertz CT molecular complexity index is 660. The Morgan fingerprint density at radius 2 is 1.70 bits per heavy atom. The van der Waals surface area contributed by atoms with Gasteiger partial charge in [0.2, 0.25) is 5.91 Å². The number of urea groups is 1. The summed E-state index contributed by atoms with van der Waals surface area (Å²) in [7, 11) is 0. The Labute approximate surface area is 160 Å². The first kappa shape index (κ1) is 18.3. The largest absolute Gasteiger partial charge is 0.351 e. The van der Waals surface area contributed by atoms with Crippen LogP contribution in [0.3, 0.4) is 0 Å². The number of hydrogen-bond acceptors (Lipinski definition) is 3. The molecule has 2 aliphatic heterocycles. The summed E-state index contributed by atoms with van der Waals surface area (Å²) in [6.45, 7) is 0.460. The first-order chi connectivity index (χ1) is 13.1. The number of hydrogen-bond donors (Lipinski definition) is 4. The van der Waals surface area contributed by atoms with E-state index in [1.165, 1.54) is 12.8 Å². The van der Waals surface area contributed by atoms with Gasteiger partial charge in [0.1, 0.15) is 5.54 Å². The predicted octanol–water partition coefficient (Wildman–Crippen LogP) is 2.20. The van der Waals surface area contributed by atoms with E-state index in [0.29, 0.717) is 18.6 Å². The second-order valence-corrected chi connectivity index (χ2v) is 8.36. The van der Waals surface area contributed by atoms with Crippen molar-refractivity contribution in [2.75, 3.05) is 0 Å². The Kier molecular flexibility index (Phi) is 5.34. The van der Waals surface area contributed by atoms with Crippen molar-refractivity contribution in [1.82, 2.24) is 21.3 Å². The van der Waals surface area contributed by atoms with Crippen LogP contribution >= 0.6 is 0 Å². The fraction of sp³-hybridized carbons (Fsp3) is 0.619. The van der Waals surface area contributed by atoms with E-state index < -0.39 is 5.54 Å². The third-order valence-corrected chi connectivity index (χ3v) is 6.35. The molecule has 0 aromatic heterocycles. The Morgan fingerprint density at radius 3 is 2.37 bits per heavy atom. The highest BCUT2D eigenvalue weighted by Gasteiger charge is 2.44. The zero-order chi connectivity index (χ0) is 18.7. The van der Waals surface area contributed by atoms with Crippen LogP contribution in [-0.2, 0) is 11.3 Å². The summed E-state index contributed by atoms with van der Waals surface area (Å²) in [4.78, 5) is 25.6. The van der Waals surface area contributed by atoms with Crippen molar-refractivity contribution in [3.63, 3.8) is 0 Å². The molecule has 4 N–H and O–H groups in total. The normalized spacial score (nSPS) is 28.5. The van der Waals surface area contributed by atoms with E-state index in [0.717, 1.165) is 44.1 Å². The molecule has 1 aliphatic carbocycles. The SMILES string of the molecule is O=C(NCc1ccccc1)NC1(C(=O)NC2CC3CCC(C2)N3)CCCC1. The van der Waals surface area contributed by atoms with Gasteiger partial charge in [-0.2, -0.15) is 0 Å². The predicted molar refractivity (Wildman–Crippen MR) is 104 cm³/mol. The molecule has 1 saturated carbocycles. The number of rotatable bonds is 5. The number of carbonyl (C=O) groups is 2. The molecular weight excluding hydrogens is 340 g/mol. The molecule has 2 bridgehead atoms. The maximum Gasteiger partial charge on any atom is 0.315 e. The molecule has 0 radical (unpaired) electrons. The van der Waals surface area contributed by atoms with E-state index in [1.54, 1.807) is 0 Å². The van der Waals surface area contributed by atoms with Crippen LogP contribution in [0.4, 0.5) is 4.79 Å². The molecule has 3 fully saturated rings. The minimum Gasteiger partial charge on any atom is -0.351 e. The zero-order valence-electron chi connectivity index (χ0n) is 15.8. The van der Waals surface area contributed by atoms with Crippen LogP contribution in [0.5, 0.6) is 0 Å². The van der Waals surface area contributed by atoms with Crippen LogP contribution < -0.4 is 21.3 Å². The van der Waals surface area contributed by atoms with Crippen molar-refractivity contribution in [2.45, 2.75) is 81.6 Å². The molecule has 2 unspecified atom stereocenters. The number of fused-ring (bicyclic) bond motifs is 2. The van der Waals surface area contributed by atoms with Crippen LogP contribution in [0, 0.1) is 0 Å². The summed E-state index contributed by atoms with van der Waals surface area (Å²) < 4.78 is 0. The molecule has 146 valence electrons. The summed E-state index contributed by atoms with van der Waals surface area (Å²) in [5.74, 6) is 0.00108. The van der Waals surface area contributed by atoms with Crippen molar-refractivity contribution in [1.29, 1.82) is 0 Å². The van der Waals surface area contributed by atoms with Gasteiger partial charge in [0.25, 0.3) is 0 Å². The van der Waals surface area contributed by atoms with E-state index in [2.05, 4.69) is 21.3 Å². The molecule has 6 heteroatoms. The molecule has 2 atom stereocenters. The number of amides is 3. The third-order valence-electron chi connectivity index (χ3n) is 6.35. The van der Waals surface area contributed by atoms with E-state index in [-0.39, 0.29) is 18.0 Å². The molecule has 1 aromatic carbocycles. The second-order valence-electron chi connectivity index (χ2n) is 8.36. The summed E-state index contributed by atoms with van der Waals surface area (Å²) in [6, 6.07) is 10.8. The van der Waals surface area contributed by atoms with E-state index >= 15 is 0 Å². The number of benzene rings is 1. The van der Waals surface area contributed by atoms with Crippen LogP contribution in [-0.4, -0.2) is 35.6 Å². The molecular formula is C21H30N4O2. The molecule has 1 aromatic rings. The summed E-state index contributed by atoms with van der Waals surface area (Å²) in [6.07, 6.45) is 7.81. The summed E-state index contributed by atoms with van der Waals surface area (Å²) in [5, 5.41) is 12.8. The lowest BCUT2D eigenvalue weighted by Gasteiger charge is -2.34. The maximum absolute atomic E-state index is 13.1. The van der Waals surface area contributed by atoms with Gasteiger partial charge in [-0.15, -0.1) is 0 Å². The van der Waals surface area contributed by atoms with E-state index in [1.807, 2.05) is 30.3 Å². The van der Waals surface area contributed by atoms with Crippen LogP contribution in [0.2, 0.25) is 0 Å². The van der Waals surface area contributed by atoms with Crippen molar-refractivity contribution in [3.05, 3.63) is 35.9 Å². The van der Waals surface area contributed by atoms with Gasteiger partial charge >= 0.3 is 6.03 Å². The topological polar surface area (TPSA) is 82.3 Å². The molecule has 2 heterocycles. The van der Waals surface area contributed by atoms with Crippen molar-refractivity contribution >= 4 is 11.9 Å². The fourth-order valence-electron chi connectivity index (χ4n) is 4.93. The van der Waals surface area contributed by atoms with Gasteiger partial charge < -0.3 is 21.3 Å². The van der Waals surface area contributed by atoms with Gasteiger partial charge in [0.15, 0.2) is 0 Å². The molecule has 4 rings (SSSR count). The van der Waals surface area contributed by atoms with Crippen molar-refractivity contribution < 1.29 is 9.59 Å². The fourth-order valence-corrected chi connectivity index (χ4v) is 4.93. The first-order valence-electron chi connectivity index (χ1n) is 10.3. The zero-order valence-corrected chi connectivity index (χ0v) is 15.8. The summed E-state index contributed by atoms with van der Waals surface area (Å²) in [5.41, 5.74) is 0.285. The lowest BCUT2D eigenvalue weighted by Crippen LogP contribution is -2.61. The summed E-state index contributed by atoms with van der Waals surface area (Å²) >= 11 is 0. The van der Waals surface area contributed by atoms with Gasteiger partial charge in [-0.25, -0.2) is 4.79 Å². The second kappa shape index (κ2) is 7.89. The van der Waals surface area contributed by atoms with Gasteiger partial charge in [0.05, 0.1) is 0 Å².